The molecule has 0 aliphatic carbocycles. The van der Waals surface area contributed by atoms with Gasteiger partial charge in [0.2, 0.25) is 11.8 Å². The summed E-state index contributed by atoms with van der Waals surface area (Å²) < 4.78 is 28.1. The SMILES string of the molecule is CC(=O)N[C@H]1[C@H](O[C@H]2[C@H](O)[C@@H](NC(C)=O)CO[C@@H]2CO)O[C@H](CO)[C@@H](O[C@@H]2O[C@H](CO)[C@@H](O)[C@H](O)[C@@H]2O)[C@@H]1O. The summed E-state index contributed by atoms with van der Waals surface area (Å²) in [6, 6.07) is -2.33. The zero-order valence-electron chi connectivity index (χ0n) is 21.3. The second kappa shape index (κ2) is 13.9. The maximum absolute atomic E-state index is 12.0. The van der Waals surface area contributed by atoms with Gasteiger partial charge < -0.3 is 75.2 Å². The third-order valence-corrected chi connectivity index (χ3v) is 6.83. The average molecular weight is 571 g/mol. The second-order valence-electron chi connectivity index (χ2n) is 9.69. The molecule has 0 aromatic heterocycles. The highest BCUT2D eigenvalue weighted by molar-refractivity contribution is 5.73. The van der Waals surface area contributed by atoms with E-state index in [1.165, 1.54) is 6.92 Å². The molecule has 0 unspecified atom stereocenters. The standard InChI is InChI=1S/C22H38N2O15/c1-7(28)23-9-6-35-11(4-26)19(14(9)30)38-21-13(24-8(2)29)16(32)20(12(5-27)37-21)39-22-18(34)17(33)15(31)10(3-25)36-22/h9-22,25-27,30-34H,3-6H2,1-2H3,(H,23,28)(H,24,29)/t9-,10+,11+,12+,13+,14+,15+,16+,17-,18-,19+,20+,21-,22-/m0/s1. The summed E-state index contributed by atoms with van der Waals surface area (Å²) in [6.45, 7) is 0.115. The van der Waals surface area contributed by atoms with Crippen LogP contribution >= 0.6 is 0 Å². The van der Waals surface area contributed by atoms with Gasteiger partial charge >= 0.3 is 0 Å². The van der Waals surface area contributed by atoms with Gasteiger partial charge in [0.05, 0.1) is 32.5 Å². The molecule has 0 aromatic carbocycles. The Bertz CT molecular complexity index is 820. The van der Waals surface area contributed by atoms with Crippen LogP contribution in [0.4, 0.5) is 0 Å². The van der Waals surface area contributed by atoms with E-state index in [4.69, 9.17) is 23.7 Å². The average Bonchev–Trinajstić information content (AvgIpc) is 2.89. The summed E-state index contributed by atoms with van der Waals surface area (Å²) in [5.41, 5.74) is 0. The van der Waals surface area contributed by atoms with Gasteiger partial charge in [-0.15, -0.1) is 0 Å². The van der Waals surface area contributed by atoms with E-state index in [1.54, 1.807) is 0 Å². The monoisotopic (exact) mass is 570 g/mol. The number of carbonyl (C=O) groups excluding carboxylic acids is 2. The molecule has 2 amide bonds. The Morgan fingerprint density at radius 1 is 0.692 bits per heavy atom. The van der Waals surface area contributed by atoms with E-state index < -0.39 is 117 Å². The highest BCUT2D eigenvalue weighted by atomic mass is 16.7. The number of ether oxygens (including phenoxy) is 5. The second-order valence-corrected chi connectivity index (χ2v) is 9.69. The zero-order chi connectivity index (χ0) is 29.0. The van der Waals surface area contributed by atoms with Gasteiger partial charge in [-0.1, -0.05) is 0 Å². The minimum absolute atomic E-state index is 0.136. The van der Waals surface area contributed by atoms with Crippen LogP contribution in [-0.4, -0.2) is 165 Å². The van der Waals surface area contributed by atoms with Gasteiger partial charge in [0, 0.05) is 13.8 Å². The Morgan fingerprint density at radius 2 is 1.23 bits per heavy atom. The Morgan fingerprint density at radius 3 is 1.79 bits per heavy atom. The number of hydrogen-bond donors (Lipinski definition) is 10. The molecule has 39 heavy (non-hydrogen) atoms. The van der Waals surface area contributed by atoms with Crippen LogP contribution in [0.25, 0.3) is 0 Å². The zero-order valence-corrected chi connectivity index (χ0v) is 21.3. The Kier molecular flexibility index (Phi) is 11.4. The van der Waals surface area contributed by atoms with Crippen molar-refractivity contribution in [1.82, 2.24) is 10.6 Å². The molecule has 0 spiro atoms. The first-order chi connectivity index (χ1) is 18.4. The van der Waals surface area contributed by atoms with Gasteiger partial charge in [-0.2, -0.15) is 0 Å². The molecule has 0 aromatic rings. The van der Waals surface area contributed by atoms with Crippen LogP contribution in [0.1, 0.15) is 13.8 Å². The lowest BCUT2D eigenvalue weighted by Crippen LogP contribution is -2.69. The molecule has 0 saturated carbocycles. The molecule has 3 aliphatic heterocycles. The summed E-state index contributed by atoms with van der Waals surface area (Å²) in [7, 11) is 0. The predicted molar refractivity (Wildman–Crippen MR) is 123 cm³/mol. The largest absolute Gasteiger partial charge is 0.394 e. The maximum atomic E-state index is 12.0. The van der Waals surface area contributed by atoms with Crippen molar-refractivity contribution in [2.45, 2.75) is 99.6 Å². The molecule has 3 heterocycles. The lowest BCUT2D eigenvalue weighted by atomic mass is 9.94. The van der Waals surface area contributed by atoms with E-state index in [0.717, 1.165) is 6.92 Å². The van der Waals surface area contributed by atoms with Gasteiger partial charge in [0.15, 0.2) is 12.6 Å². The molecule has 17 heteroatoms. The molecule has 0 bridgehead atoms. The maximum Gasteiger partial charge on any atom is 0.217 e. The van der Waals surface area contributed by atoms with E-state index in [0.29, 0.717) is 0 Å². The van der Waals surface area contributed by atoms with E-state index in [2.05, 4.69) is 10.6 Å². The number of amides is 2. The number of aliphatic hydroxyl groups is 8. The van der Waals surface area contributed by atoms with Gasteiger partial charge in [-0.3, -0.25) is 9.59 Å². The predicted octanol–water partition coefficient (Wildman–Crippen LogP) is -6.60. The fourth-order valence-corrected chi connectivity index (χ4v) is 4.81. The van der Waals surface area contributed by atoms with Crippen molar-refractivity contribution >= 4 is 11.8 Å². The van der Waals surface area contributed by atoms with E-state index >= 15 is 0 Å². The summed E-state index contributed by atoms with van der Waals surface area (Å²) in [5, 5.41) is 86.5. The molecule has 3 aliphatic rings. The van der Waals surface area contributed by atoms with Crippen molar-refractivity contribution < 1.29 is 74.1 Å². The summed E-state index contributed by atoms with van der Waals surface area (Å²) in [5.74, 6) is -1.10. The summed E-state index contributed by atoms with van der Waals surface area (Å²) in [4.78, 5) is 23.5. The molecule has 17 nitrogen and oxygen atoms in total. The van der Waals surface area contributed by atoms with Crippen molar-refractivity contribution in [2.75, 3.05) is 26.4 Å². The van der Waals surface area contributed by atoms with Crippen LogP contribution in [0.5, 0.6) is 0 Å². The van der Waals surface area contributed by atoms with Gasteiger partial charge in [-0.25, -0.2) is 0 Å². The Balaban J connectivity index is 1.83. The van der Waals surface area contributed by atoms with E-state index in [1.807, 2.05) is 0 Å². The third kappa shape index (κ3) is 7.20. The number of carbonyl (C=O) groups is 2. The fraction of sp³-hybridized carbons (Fsp3) is 0.909. The van der Waals surface area contributed by atoms with Crippen molar-refractivity contribution in [3.05, 3.63) is 0 Å². The number of rotatable bonds is 9. The van der Waals surface area contributed by atoms with E-state index in [-0.39, 0.29) is 6.61 Å². The molecular formula is C22H38N2O15. The molecule has 3 fully saturated rings. The van der Waals surface area contributed by atoms with Crippen molar-refractivity contribution in [3.63, 3.8) is 0 Å². The van der Waals surface area contributed by atoms with Crippen LogP contribution in [-0.2, 0) is 33.3 Å². The number of hydrogen-bond acceptors (Lipinski definition) is 15. The van der Waals surface area contributed by atoms with Crippen LogP contribution in [0.15, 0.2) is 0 Å². The molecule has 226 valence electrons. The number of aliphatic hydroxyl groups excluding tert-OH is 8. The van der Waals surface area contributed by atoms with Crippen LogP contribution in [0, 0.1) is 0 Å². The highest BCUT2D eigenvalue weighted by Crippen LogP contribution is 2.31. The summed E-state index contributed by atoms with van der Waals surface area (Å²) in [6.07, 6.45) is -18.3. The third-order valence-electron chi connectivity index (χ3n) is 6.83. The van der Waals surface area contributed by atoms with Gasteiger partial charge in [-0.05, 0) is 0 Å². The topological polar surface area (TPSA) is 266 Å². The lowest BCUT2D eigenvalue weighted by Gasteiger charge is -2.49. The molecule has 10 N–H and O–H groups in total. The quantitative estimate of drug-likeness (QED) is 0.123. The van der Waals surface area contributed by atoms with Crippen molar-refractivity contribution in [2.24, 2.45) is 0 Å². The first kappa shape index (κ1) is 31.9. The minimum Gasteiger partial charge on any atom is -0.394 e. The van der Waals surface area contributed by atoms with Crippen molar-refractivity contribution in [3.8, 4) is 0 Å². The first-order valence-electron chi connectivity index (χ1n) is 12.4. The smallest absolute Gasteiger partial charge is 0.217 e. The highest BCUT2D eigenvalue weighted by Gasteiger charge is 2.53. The Hall–Kier alpha value is -1.58. The summed E-state index contributed by atoms with van der Waals surface area (Å²) >= 11 is 0. The van der Waals surface area contributed by atoms with Crippen LogP contribution in [0.3, 0.4) is 0 Å². The van der Waals surface area contributed by atoms with Gasteiger partial charge in [0.1, 0.15) is 67.1 Å². The lowest BCUT2D eigenvalue weighted by molar-refractivity contribution is -0.356. The molecular weight excluding hydrogens is 532 g/mol. The van der Waals surface area contributed by atoms with Crippen molar-refractivity contribution in [1.29, 1.82) is 0 Å². The molecule has 0 radical (unpaired) electrons. The Labute approximate surface area is 223 Å². The molecule has 3 saturated heterocycles. The fourth-order valence-electron chi connectivity index (χ4n) is 4.81. The van der Waals surface area contributed by atoms with E-state index in [9.17, 15) is 50.4 Å². The van der Waals surface area contributed by atoms with Crippen LogP contribution in [0.2, 0.25) is 0 Å². The molecule has 14 atom stereocenters. The normalized spacial score (nSPS) is 45.0. The minimum atomic E-state index is -1.83. The number of nitrogens with one attached hydrogen (secondary N) is 2. The van der Waals surface area contributed by atoms with Gasteiger partial charge in [0.25, 0.3) is 0 Å². The van der Waals surface area contributed by atoms with Crippen LogP contribution < -0.4 is 10.6 Å². The molecule has 3 rings (SSSR count). The first-order valence-corrected chi connectivity index (χ1v) is 12.4.